The third-order valence-corrected chi connectivity index (χ3v) is 1.72. The molecule has 0 bridgehead atoms. The van der Waals surface area contributed by atoms with E-state index >= 15 is 0 Å². The fraction of sp³-hybridized carbons (Fsp3) is 0.333. The fourth-order valence-electron chi connectivity index (χ4n) is 1.17. The molecule has 0 aliphatic rings. The molecule has 0 unspecified atom stereocenters. The third kappa shape index (κ3) is 3.23. The summed E-state index contributed by atoms with van der Waals surface area (Å²) in [6.07, 6.45) is 4.10. The SMILES string of the molecule is CC(C)Oc1ccccc1C=CCN. The lowest BCUT2D eigenvalue weighted by Gasteiger charge is -2.11. The van der Waals surface area contributed by atoms with Crippen LogP contribution in [-0.4, -0.2) is 12.6 Å². The Morgan fingerprint density at radius 1 is 1.36 bits per heavy atom. The van der Waals surface area contributed by atoms with Crippen LogP contribution < -0.4 is 10.5 Å². The van der Waals surface area contributed by atoms with E-state index in [1.165, 1.54) is 0 Å². The summed E-state index contributed by atoms with van der Waals surface area (Å²) >= 11 is 0. The highest BCUT2D eigenvalue weighted by atomic mass is 16.5. The molecule has 14 heavy (non-hydrogen) atoms. The van der Waals surface area contributed by atoms with E-state index in [4.69, 9.17) is 10.5 Å². The average Bonchev–Trinajstić information content (AvgIpc) is 2.16. The molecule has 0 fully saturated rings. The van der Waals surface area contributed by atoms with Gasteiger partial charge in [-0.15, -0.1) is 0 Å². The molecule has 0 radical (unpaired) electrons. The summed E-state index contributed by atoms with van der Waals surface area (Å²) < 4.78 is 5.65. The smallest absolute Gasteiger partial charge is 0.126 e. The highest BCUT2D eigenvalue weighted by Gasteiger charge is 2.00. The van der Waals surface area contributed by atoms with Gasteiger partial charge in [0.1, 0.15) is 5.75 Å². The summed E-state index contributed by atoms with van der Waals surface area (Å²) in [4.78, 5) is 0. The second-order valence-corrected chi connectivity index (χ2v) is 3.34. The minimum Gasteiger partial charge on any atom is -0.490 e. The highest BCUT2D eigenvalue weighted by Crippen LogP contribution is 2.20. The molecule has 76 valence electrons. The molecule has 0 saturated heterocycles. The van der Waals surface area contributed by atoms with E-state index in [2.05, 4.69) is 0 Å². The predicted octanol–water partition coefficient (Wildman–Crippen LogP) is 2.45. The molecule has 0 heterocycles. The molecule has 2 heteroatoms. The summed E-state index contributed by atoms with van der Waals surface area (Å²) in [6, 6.07) is 7.95. The van der Waals surface area contributed by atoms with Crippen molar-refractivity contribution in [1.82, 2.24) is 0 Å². The van der Waals surface area contributed by atoms with Crippen LogP contribution >= 0.6 is 0 Å². The van der Waals surface area contributed by atoms with Gasteiger partial charge in [-0.25, -0.2) is 0 Å². The molecule has 2 N–H and O–H groups in total. The van der Waals surface area contributed by atoms with Crippen molar-refractivity contribution in [3.63, 3.8) is 0 Å². The molecule has 0 spiro atoms. The molecule has 0 atom stereocenters. The van der Waals surface area contributed by atoms with Crippen molar-refractivity contribution in [3.05, 3.63) is 35.9 Å². The van der Waals surface area contributed by atoms with Gasteiger partial charge in [-0.05, 0) is 19.9 Å². The second kappa shape index (κ2) is 5.45. The zero-order chi connectivity index (χ0) is 10.4. The van der Waals surface area contributed by atoms with Gasteiger partial charge in [0.05, 0.1) is 6.10 Å². The van der Waals surface area contributed by atoms with Crippen molar-refractivity contribution in [2.45, 2.75) is 20.0 Å². The Kier molecular flexibility index (Phi) is 4.20. The van der Waals surface area contributed by atoms with Gasteiger partial charge in [0, 0.05) is 12.1 Å². The first kappa shape index (κ1) is 10.8. The standard InChI is InChI=1S/C12H17NO/c1-10(2)14-12-8-4-3-6-11(12)7-5-9-13/h3-8,10H,9,13H2,1-2H3. The van der Waals surface area contributed by atoms with Crippen LogP contribution in [-0.2, 0) is 0 Å². The van der Waals surface area contributed by atoms with Gasteiger partial charge >= 0.3 is 0 Å². The van der Waals surface area contributed by atoms with Crippen molar-refractivity contribution in [2.75, 3.05) is 6.54 Å². The molecular formula is C12H17NO. The van der Waals surface area contributed by atoms with Gasteiger partial charge < -0.3 is 10.5 Å². The maximum Gasteiger partial charge on any atom is 0.126 e. The monoisotopic (exact) mass is 191 g/mol. The predicted molar refractivity (Wildman–Crippen MR) is 60.3 cm³/mol. The van der Waals surface area contributed by atoms with Gasteiger partial charge in [0.15, 0.2) is 0 Å². The highest BCUT2D eigenvalue weighted by molar-refractivity contribution is 5.57. The normalized spacial score (nSPS) is 11.1. The maximum absolute atomic E-state index is 5.65. The Balaban J connectivity index is 2.85. The van der Waals surface area contributed by atoms with Crippen LogP contribution in [0.15, 0.2) is 30.3 Å². The molecule has 0 saturated carbocycles. The van der Waals surface area contributed by atoms with E-state index in [0.29, 0.717) is 6.54 Å². The Morgan fingerprint density at radius 2 is 2.07 bits per heavy atom. The lowest BCUT2D eigenvalue weighted by atomic mass is 10.2. The third-order valence-electron chi connectivity index (χ3n) is 1.72. The molecule has 2 nitrogen and oxygen atoms in total. The Labute approximate surface area is 85.4 Å². The minimum absolute atomic E-state index is 0.197. The van der Waals surface area contributed by atoms with Crippen LogP contribution in [0.4, 0.5) is 0 Å². The quantitative estimate of drug-likeness (QED) is 0.793. The Morgan fingerprint density at radius 3 is 2.71 bits per heavy atom. The van der Waals surface area contributed by atoms with Gasteiger partial charge in [-0.3, -0.25) is 0 Å². The first-order valence-corrected chi connectivity index (χ1v) is 4.86. The molecule has 1 aromatic rings. The van der Waals surface area contributed by atoms with E-state index in [-0.39, 0.29) is 6.10 Å². The molecule has 0 amide bonds. The molecule has 0 aliphatic carbocycles. The van der Waals surface area contributed by atoms with E-state index in [1.54, 1.807) is 0 Å². The first-order valence-electron chi connectivity index (χ1n) is 4.86. The van der Waals surface area contributed by atoms with E-state index in [1.807, 2.05) is 50.3 Å². The number of benzene rings is 1. The van der Waals surface area contributed by atoms with Crippen LogP contribution in [0.1, 0.15) is 19.4 Å². The fourth-order valence-corrected chi connectivity index (χ4v) is 1.17. The minimum atomic E-state index is 0.197. The lowest BCUT2D eigenvalue weighted by molar-refractivity contribution is 0.242. The zero-order valence-corrected chi connectivity index (χ0v) is 8.73. The lowest BCUT2D eigenvalue weighted by Crippen LogP contribution is -2.06. The van der Waals surface area contributed by atoms with E-state index in [0.717, 1.165) is 11.3 Å². The van der Waals surface area contributed by atoms with E-state index < -0.39 is 0 Å². The second-order valence-electron chi connectivity index (χ2n) is 3.34. The van der Waals surface area contributed by atoms with E-state index in [9.17, 15) is 0 Å². The average molecular weight is 191 g/mol. The molecule has 1 aromatic carbocycles. The molecule has 0 aromatic heterocycles. The van der Waals surface area contributed by atoms with Gasteiger partial charge in [-0.1, -0.05) is 30.4 Å². The molecule has 1 rings (SSSR count). The van der Waals surface area contributed by atoms with Crippen LogP contribution in [0.25, 0.3) is 6.08 Å². The van der Waals surface area contributed by atoms with Crippen molar-refractivity contribution in [2.24, 2.45) is 5.73 Å². The van der Waals surface area contributed by atoms with Crippen LogP contribution in [0.3, 0.4) is 0 Å². The number of rotatable bonds is 4. The number of para-hydroxylation sites is 1. The first-order chi connectivity index (χ1) is 6.74. The summed E-state index contributed by atoms with van der Waals surface area (Å²) in [5, 5.41) is 0. The summed E-state index contributed by atoms with van der Waals surface area (Å²) in [7, 11) is 0. The molecular weight excluding hydrogens is 174 g/mol. The maximum atomic E-state index is 5.65. The summed E-state index contributed by atoms with van der Waals surface area (Å²) in [5.74, 6) is 0.909. The number of ether oxygens (including phenoxy) is 1. The van der Waals surface area contributed by atoms with Gasteiger partial charge in [0.25, 0.3) is 0 Å². The van der Waals surface area contributed by atoms with Crippen molar-refractivity contribution in [1.29, 1.82) is 0 Å². The van der Waals surface area contributed by atoms with Gasteiger partial charge in [0.2, 0.25) is 0 Å². The Bertz CT molecular complexity index is 305. The van der Waals surface area contributed by atoms with Crippen molar-refractivity contribution < 1.29 is 4.74 Å². The van der Waals surface area contributed by atoms with Crippen LogP contribution in [0.5, 0.6) is 5.75 Å². The van der Waals surface area contributed by atoms with Crippen LogP contribution in [0, 0.1) is 0 Å². The topological polar surface area (TPSA) is 35.2 Å². The number of hydrogen-bond acceptors (Lipinski definition) is 2. The van der Waals surface area contributed by atoms with Crippen molar-refractivity contribution in [3.8, 4) is 5.75 Å². The van der Waals surface area contributed by atoms with Gasteiger partial charge in [-0.2, -0.15) is 0 Å². The number of nitrogens with two attached hydrogens (primary N) is 1. The summed E-state index contributed by atoms with van der Waals surface area (Å²) in [6.45, 7) is 4.59. The van der Waals surface area contributed by atoms with Crippen LogP contribution in [0.2, 0.25) is 0 Å². The Hall–Kier alpha value is -1.28. The summed E-state index contributed by atoms with van der Waals surface area (Å²) in [5.41, 5.74) is 6.48. The largest absolute Gasteiger partial charge is 0.490 e. The molecule has 0 aliphatic heterocycles. The zero-order valence-electron chi connectivity index (χ0n) is 8.73. The van der Waals surface area contributed by atoms with Crippen molar-refractivity contribution >= 4 is 6.08 Å². The number of hydrogen-bond donors (Lipinski definition) is 1.